The Balaban J connectivity index is 2.26. The molecule has 1 aromatic carbocycles. The van der Waals surface area contributed by atoms with Gasteiger partial charge in [-0.3, -0.25) is 4.79 Å². The lowest BCUT2D eigenvalue weighted by molar-refractivity contribution is -0.142. The zero-order chi connectivity index (χ0) is 12.5. The highest BCUT2D eigenvalue weighted by molar-refractivity contribution is 5.74. The minimum Gasteiger partial charge on any atom is -0.465 e. The molecule has 0 atom stereocenters. The van der Waals surface area contributed by atoms with Crippen LogP contribution in [0.5, 0.6) is 0 Å². The van der Waals surface area contributed by atoms with Crippen molar-refractivity contribution in [3.05, 3.63) is 29.8 Å². The Morgan fingerprint density at radius 1 is 1.35 bits per heavy atom. The molecular formula is C13H16N2O2. The van der Waals surface area contributed by atoms with Crippen molar-refractivity contribution in [2.24, 2.45) is 0 Å². The van der Waals surface area contributed by atoms with E-state index in [0.29, 0.717) is 18.7 Å². The van der Waals surface area contributed by atoms with Crippen LogP contribution in [0.2, 0.25) is 0 Å². The van der Waals surface area contributed by atoms with Gasteiger partial charge in [0.15, 0.2) is 0 Å². The predicted octanol–water partition coefficient (Wildman–Crippen LogP) is 2.05. The van der Waals surface area contributed by atoms with Crippen LogP contribution >= 0.6 is 0 Å². The Morgan fingerprint density at radius 2 is 2.12 bits per heavy atom. The largest absolute Gasteiger partial charge is 0.465 e. The van der Waals surface area contributed by atoms with Crippen molar-refractivity contribution in [3.63, 3.8) is 0 Å². The van der Waals surface area contributed by atoms with E-state index in [0.717, 1.165) is 18.4 Å². The number of nitrogens with two attached hydrogens (primary N) is 1. The van der Waals surface area contributed by atoms with Gasteiger partial charge in [-0.05, 0) is 24.5 Å². The molecule has 0 spiro atoms. The molecule has 2 N–H and O–H groups in total. The summed E-state index contributed by atoms with van der Waals surface area (Å²) >= 11 is 0. The Bertz CT molecular complexity index is 410. The third kappa shape index (κ3) is 5.03. The zero-order valence-electron chi connectivity index (χ0n) is 9.69. The number of hydrogen-bond acceptors (Lipinski definition) is 4. The summed E-state index contributed by atoms with van der Waals surface area (Å²) in [6.07, 6.45) is 2.19. The van der Waals surface area contributed by atoms with E-state index in [4.69, 9.17) is 15.7 Å². The maximum Gasteiger partial charge on any atom is 0.310 e. The number of nitrogens with zero attached hydrogens (tertiary/aromatic N) is 1. The van der Waals surface area contributed by atoms with E-state index in [2.05, 4.69) is 0 Å². The maximum absolute atomic E-state index is 11.5. The molecule has 0 bridgehead atoms. The van der Waals surface area contributed by atoms with Gasteiger partial charge in [0.25, 0.3) is 0 Å². The number of para-hydroxylation sites is 1. The van der Waals surface area contributed by atoms with Gasteiger partial charge < -0.3 is 10.5 Å². The lowest BCUT2D eigenvalue weighted by atomic mass is 10.1. The summed E-state index contributed by atoms with van der Waals surface area (Å²) in [5.74, 6) is -0.278. The Labute approximate surface area is 101 Å². The smallest absolute Gasteiger partial charge is 0.310 e. The normalized spacial score (nSPS) is 9.59. The van der Waals surface area contributed by atoms with Gasteiger partial charge in [0.1, 0.15) is 0 Å². The monoisotopic (exact) mass is 232 g/mol. The van der Waals surface area contributed by atoms with Crippen LogP contribution in [0, 0.1) is 11.3 Å². The first-order chi connectivity index (χ1) is 8.24. The third-order valence-electron chi connectivity index (χ3n) is 2.34. The van der Waals surface area contributed by atoms with Gasteiger partial charge in [0, 0.05) is 12.1 Å². The SMILES string of the molecule is N#CCCCCOC(=O)Cc1ccccc1N. The van der Waals surface area contributed by atoms with Crippen molar-refractivity contribution in [3.8, 4) is 6.07 Å². The molecule has 4 heteroatoms. The molecule has 0 saturated heterocycles. The van der Waals surface area contributed by atoms with E-state index in [1.165, 1.54) is 0 Å². The number of carbonyl (C=O) groups excluding carboxylic acids is 1. The number of nitriles is 1. The van der Waals surface area contributed by atoms with Crippen molar-refractivity contribution in [1.82, 2.24) is 0 Å². The summed E-state index contributed by atoms with van der Waals surface area (Å²) in [5.41, 5.74) is 7.11. The van der Waals surface area contributed by atoms with Gasteiger partial charge in [0.05, 0.1) is 19.1 Å². The van der Waals surface area contributed by atoms with Crippen LogP contribution in [0.1, 0.15) is 24.8 Å². The first-order valence-electron chi connectivity index (χ1n) is 5.60. The van der Waals surface area contributed by atoms with Crippen molar-refractivity contribution in [2.75, 3.05) is 12.3 Å². The number of benzene rings is 1. The molecule has 90 valence electrons. The summed E-state index contributed by atoms with van der Waals surface area (Å²) in [4.78, 5) is 11.5. The van der Waals surface area contributed by atoms with Crippen LogP contribution in [0.3, 0.4) is 0 Å². The molecule has 0 aromatic heterocycles. The Kier molecular flexibility index (Phi) is 5.59. The molecule has 1 rings (SSSR count). The van der Waals surface area contributed by atoms with Gasteiger partial charge in [0.2, 0.25) is 0 Å². The minimum absolute atomic E-state index is 0.199. The van der Waals surface area contributed by atoms with Gasteiger partial charge in [-0.2, -0.15) is 5.26 Å². The zero-order valence-corrected chi connectivity index (χ0v) is 9.69. The number of carbonyl (C=O) groups is 1. The molecule has 0 fully saturated rings. The van der Waals surface area contributed by atoms with Crippen molar-refractivity contribution in [2.45, 2.75) is 25.7 Å². The molecule has 0 aliphatic heterocycles. The molecule has 17 heavy (non-hydrogen) atoms. The summed E-state index contributed by atoms with van der Waals surface area (Å²) in [6, 6.07) is 9.28. The number of esters is 1. The second-order valence-corrected chi connectivity index (χ2v) is 3.71. The maximum atomic E-state index is 11.5. The minimum atomic E-state index is -0.278. The number of nitrogen functional groups attached to an aromatic ring is 1. The van der Waals surface area contributed by atoms with E-state index >= 15 is 0 Å². The van der Waals surface area contributed by atoms with Gasteiger partial charge in [-0.25, -0.2) is 0 Å². The lowest BCUT2D eigenvalue weighted by Gasteiger charge is -2.06. The molecule has 0 aliphatic carbocycles. The van der Waals surface area contributed by atoms with E-state index in [9.17, 15) is 4.79 Å². The highest BCUT2D eigenvalue weighted by atomic mass is 16.5. The number of unbranched alkanes of at least 4 members (excludes halogenated alkanes) is 2. The number of hydrogen-bond donors (Lipinski definition) is 1. The summed E-state index contributed by atoms with van der Waals surface area (Å²) in [7, 11) is 0. The molecule has 0 unspecified atom stereocenters. The topological polar surface area (TPSA) is 76.1 Å². The quantitative estimate of drug-likeness (QED) is 0.462. The first-order valence-corrected chi connectivity index (χ1v) is 5.60. The average Bonchev–Trinajstić information content (AvgIpc) is 2.32. The molecule has 0 radical (unpaired) electrons. The summed E-state index contributed by atoms with van der Waals surface area (Å²) < 4.78 is 5.04. The highest BCUT2D eigenvalue weighted by Crippen LogP contribution is 2.11. The van der Waals surface area contributed by atoms with Crippen LogP contribution in [-0.4, -0.2) is 12.6 Å². The second kappa shape index (κ2) is 7.29. The highest BCUT2D eigenvalue weighted by Gasteiger charge is 2.06. The van der Waals surface area contributed by atoms with Crippen LogP contribution in [0.4, 0.5) is 5.69 Å². The Hall–Kier alpha value is -2.02. The van der Waals surface area contributed by atoms with Gasteiger partial charge in [-0.1, -0.05) is 18.2 Å². The van der Waals surface area contributed by atoms with E-state index < -0.39 is 0 Å². The molecule has 0 aliphatic rings. The fourth-order valence-electron chi connectivity index (χ4n) is 1.39. The van der Waals surface area contributed by atoms with Crippen molar-refractivity contribution in [1.29, 1.82) is 5.26 Å². The van der Waals surface area contributed by atoms with E-state index in [1.54, 1.807) is 6.07 Å². The number of anilines is 1. The molecule has 0 heterocycles. The van der Waals surface area contributed by atoms with Crippen molar-refractivity contribution < 1.29 is 9.53 Å². The van der Waals surface area contributed by atoms with Crippen LogP contribution in [0.15, 0.2) is 24.3 Å². The van der Waals surface area contributed by atoms with Crippen LogP contribution in [-0.2, 0) is 16.0 Å². The molecule has 0 amide bonds. The Morgan fingerprint density at radius 3 is 2.82 bits per heavy atom. The number of ether oxygens (including phenoxy) is 1. The molecular weight excluding hydrogens is 216 g/mol. The first kappa shape index (κ1) is 13.0. The number of rotatable bonds is 6. The standard InChI is InChI=1S/C13H16N2O2/c14-8-4-1-5-9-17-13(16)10-11-6-2-3-7-12(11)15/h2-3,6-7H,1,4-5,9-10,15H2. The average molecular weight is 232 g/mol. The van der Waals surface area contributed by atoms with E-state index in [-0.39, 0.29) is 12.4 Å². The predicted molar refractivity (Wildman–Crippen MR) is 65.0 cm³/mol. The summed E-state index contributed by atoms with van der Waals surface area (Å²) in [5, 5.41) is 8.33. The van der Waals surface area contributed by atoms with Gasteiger partial charge >= 0.3 is 5.97 Å². The fourth-order valence-corrected chi connectivity index (χ4v) is 1.39. The molecule has 0 saturated carbocycles. The summed E-state index contributed by atoms with van der Waals surface area (Å²) in [6.45, 7) is 0.368. The van der Waals surface area contributed by atoms with E-state index in [1.807, 2.05) is 24.3 Å². The third-order valence-corrected chi connectivity index (χ3v) is 2.34. The van der Waals surface area contributed by atoms with Crippen LogP contribution in [0.25, 0.3) is 0 Å². The lowest BCUT2D eigenvalue weighted by Crippen LogP contribution is -2.10. The molecule has 4 nitrogen and oxygen atoms in total. The van der Waals surface area contributed by atoms with Gasteiger partial charge in [-0.15, -0.1) is 0 Å². The fraction of sp³-hybridized carbons (Fsp3) is 0.385. The second-order valence-electron chi connectivity index (χ2n) is 3.71. The molecule has 1 aromatic rings. The van der Waals surface area contributed by atoms with Crippen LogP contribution < -0.4 is 5.73 Å². The van der Waals surface area contributed by atoms with Crippen molar-refractivity contribution >= 4 is 11.7 Å².